The Hall–Kier alpha value is -1.63. The van der Waals surface area contributed by atoms with E-state index in [0.29, 0.717) is 13.0 Å². The third-order valence-corrected chi connectivity index (χ3v) is 2.99. The summed E-state index contributed by atoms with van der Waals surface area (Å²) in [5.41, 5.74) is -1.28. The molecule has 19 heavy (non-hydrogen) atoms. The highest BCUT2D eigenvalue weighted by atomic mass is 19.3. The Bertz CT molecular complexity index is 462. The summed E-state index contributed by atoms with van der Waals surface area (Å²) < 4.78 is 31.0. The Kier molecular flexibility index (Phi) is 4.36. The number of hydrogen-bond acceptors (Lipinski definition) is 4. The molecule has 1 saturated heterocycles. The second-order valence-electron chi connectivity index (χ2n) is 4.38. The van der Waals surface area contributed by atoms with E-state index >= 15 is 0 Å². The lowest BCUT2D eigenvalue weighted by Crippen LogP contribution is -2.23. The number of alkyl halides is 2. The van der Waals surface area contributed by atoms with Gasteiger partial charge in [-0.25, -0.2) is 23.5 Å². The molecule has 0 bridgehead atoms. The van der Waals surface area contributed by atoms with Gasteiger partial charge in [-0.05, 0) is 19.3 Å². The molecule has 1 N–H and O–H groups in total. The fraction of sp³-hybridized carbons (Fsp3) is 0.583. The van der Waals surface area contributed by atoms with Gasteiger partial charge in [-0.1, -0.05) is 0 Å². The third-order valence-electron chi connectivity index (χ3n) is 2.99. The summed E-state index contributed by atoms with van der Waals surface area (Å²) in [4.78, 5) is 18.3. The van der Waals surface area contributed by atoms with E-state index in [1.807, 2.05) is 0 Å². The summed E-state index contributed by atoms with van der Waals surface area (Å²) in [6.07, 6.45) is 1.13. The maximum absolute atomic E-state index is 12.8. The van der Waals surface area contributed by atoms with Gasteiger partial charge in [0.25, 0.3) is 6.43 Å². The Balaban J connectivity index is 2.17. The molecule has 1 fully saturated rings. The molecule has 1 atom stereocenters. The molecule has 7 heteroatoms. The first-order chi connectivity index (χ1) is 9.08. The molecule has 0 aliphatic carbocycles. The molecule has 0 radical (unpaired) electrons. The molecule has 1 aromatic heterocycles. The van der Waals surface area contributed by atoms with Gasteiger partial charge in [-0.15, -0.1) is 0 Å². The van der Waals surface area contributed by atoms with Crippen LogP contribution in [0.1, 0.15) is 47.6 Å². The molecule has 104 valence electrons. The molecule has 2 heterocycles. The van der Waals surface area contributed by atoms with Crippen molar-refractivity contribution < 1.29 is 23.4 Å². The molecular weight excluding hydrogens is 258 g/mol. The summed E-state index contributed by atoms with van der Waals surface area (Å²) >= 11 is 0. The molecule has 1 aliphatic rings. The number of carboxylic acids is 1. The maximum atomic E-state index is 12.8. The largest absolute Gasteiger partial charge is 0.478 e. The van der Waals surface area contributed by atoms with Crippen molar-refractivity contribution in [3.63, 3.8) is 0 Å². The van der Waals surface area contributed by atoms with Crippen LogP contribution in [-0.4, -0.2) is 33.8 Å². The van der Waals surface area contributed by atoms with Crippen molar-refractivity contribution >= 4 is 5.97 Å². The maximum Gasteiger partial charge on any atom is 0.339 e. The second-order valence-corrected chi connectivity index (χ2v) is 4.38. The van der Waals surface area contributed by atoms with Gasteiger partial charge in [0.15, 0.2) is 0 Å². The van der Waals surface area contributed by atoms with Crippen LogP contribution in [0.15, 0.2) is 6.20 Å². The summed E-state index contributed by atoms with van der Waals surface area (Å²) in [7, 11) is 0. The summed E-state index contributed by atoms with van der Waals surface area (Å²) in [6.45, 7) is 0.652. The number of carbonyl (C=O) groups is 1. The highest BCUT2D eigenvalue weighted by Crippen LogP contribution is 2.22. The van der Waals surface area contributed by atoms with E-state index in [1.54, 1.807) is 0 Å². The average molecular weight is 272 g/mol. The zero-order valence-corrected chi connectivity index (χ0v) is 10.2. The molecule has 0 aromatic carbocycles. The van der Waals surface area contributed by atoms with Crippen LogP contribution in [0.5, 0.6) is 0 Å². The van der Waals surface area contributed by atoms with E-state index in [-0.39, 0.29) is 11.9 Å². The fourth-order valence-electron chi connectivity index (χ4n) is 2.03. The molecule has 0 spiro atoms. The number of carboxylic acid groups (broad SMARTS) is 1. The molecular formula is C12H14F2N2O3. The van der Waals surface area contributed by atoms with Gasteiger partial charge in [0.1, 0.15) is 17.1 Å². The first-order valence-electron chi connectivity index (χ1n) is 6.06. The molecule has 1 aliphatic heterocycles. The van der Waals surface area contributed by atoms with Crippen molar-refractivity contribution in [2.24, 2.45) is 0 Å². The van der Waals surface area contributed by atoms with Crippen molar-refractivity contribution in [3.8, 4) is 0 Å². The van der Waals surface area contributed by atoms with Crippen molar-refractivity contribution in [1.82, 2.24) is 9.97 Å². The first kappa shape index (κ1) is 13.8. The van der Waals surface area contributed by atoms with Gasteiger partial charge in [0, 0.05) is 19.2 Å². The van der Waals surface area contributed by atoms with Crippen LogP contribution in [0.3, 0.4) is 0 Å². The normalized spacial score (nSPS) is 19.6. The monoisotopic (exact) mass is 272 g/mol. The lowest BCUT2D eigenvalue weighted by molar-refractivity contribution is 0.0154. The second kappa shape index (κ2) is 6.01. The van der Waals surface area contributed by atoms with Crippen LogP contribution in [0, 0.1) is 0 Å². The SMILES string of the molecule is O=C(O)c1cnc(CC2CCCCO2)nc1C(F)F. The molecule has 5 nitrogen and oxygen atoms in total. The van der Waals surface area contributed by atoms with E-state index in [2.05, 4.69) is 9.97 Å². The first-order valence-corrected chi connectivity index (χ1v) is 6.06. The zero-order chi connectivity index (χ0) is 13.8. The van der Waals surface area contributed by atoms with Gasteiger partial charge in [-0.2, -0.15) is 0 Å². The predicted molar refractivity (Wildman–Crippen MR) is 61.2 cm³/mol. The molecule has 1 aromatic rings. The lowest BCUT2D eigenvalue weighted by Gasteiger charge is -2.21. The molecule has 0 saturated carbocycles. The van der Waals surface area contributed by atoms with Gasteiger partial charge in [0.2, 0.25) is 0 Å². The molecule has 2 rings (SSSR count). The Morgan fingerprint density at radius 3 is 2.89 bits per heavy atom. The van der Waals surface area contributed by atoms with E-state index in [4.69, 9.17) is 9.84 Å². The van der Waals surface area contributed by atoms with Crippen LogP contribution in [0.2, 0.25) is 0 Å². The van der Waals surface area contributed by atoms with Crippen LogP contribution in [-0.2, 0) is 11.2 Å². The van der Waals surface area contributed by atoms with Crippen molar-refractivity contribution in [1.29, 1.82) is 0 Å². The quantitative estimate of drug-likeness (QED) is 0.909. The Morgan fingerprint density at radius 2 is 2.32 bits per heavy atom. The van der Waals surface area contributed by atoms with E-state index in [9.17, 15) is 13.6 Å². The standard InChI is InChI=1S/C12H14F2N2O3/c13-11(14)10-8(12(17)18)6-15-9(16-10)5-7-3-1-2-4-19-7/h6-7,11H,1-5H2,(H,17,18). The highest BCUT2D eigenvalue weighted by molar-refractivity contribution is 5.88. The summed E-state index contributed by atoms with van der Waals surface area (Å²) in [5.74, 6) is -1.25. The minimum atomic E-state index is -2.93. The number of aromatic carboxylic acids is 1. The topological polar surface area (TPSA) is 72.3 Å². The summed E-state index contributed by atoms with van der Waals surface area (Å²) in [5, 5.41) is 8.79. The van der Waals surface area contributed by atoms with Crippen LogP contribution < -0.4 is 0 Å². The van der Waals surface area contributed by atoms with Gasteiger partial charge in [0.05, 0.1) is 6.10 Å². The van der Waals surface area contributed by atoms with Gasteiger partial charge in [-0.3, -0.25) is 0 Å². The van der Waals surface area contributed by atoms with Crippen molar-refractivity contribution in [3.05, 3.63) is 23.3 Å². The van der Waals surface area contributed by atoms with Crippen LogP contribution in [0.4, 0.5) is 8.78 Å². The molecule has 1 unspecified atom stereocenters. The Morgan fingerprint density at radius 1 is 1.53 bits per heavy atom. The van der Waals surface area contributed by atoms with Crippen molar-refractivity contribution in [2.45, 2.75) is 38.2 Å². The zero-order valence-electron chi connectivity index (χ0n) is 10.2. The van der Waals surface area contributed by atoms with E-state index in [0.717, 1.165) is 25.5 Å². The number of aromatic nitrogens is 2. The minimum absolute atomic E-state index is 0.0741. The minimum Gasteiger partial charge on any atom is -0.478 e. The van der Waals surface area contributed by atoms with Crippen LogP contribution >= 0.6 is 0 Å². The average Bonchev–Trinajstić information content (AvgIpc) is 2.39. The number of nitrogens with zero attached hydrogens (tertiary/aromatic N) is 2. The number of ether oxygens (including phenoxy) is 1. The Labute approximate surface area is 108 Å². The van der Waals surface area contributed by atoms with Gasteiger partial charge < -0.3 is 9.84 Å². The van der Waals surface area contributed by atoms with E-state index < -0.39 is 23.7 Å². The molecule has 0 amide bonds. The fourth-order valence-corrected chi connectivity index (χ4v) is 2.03. The van der Waals surface area contributed by atoms with E-state index in [1.165, 1.54) is 0 Å². The van der Waals surface area contributed by atoms with Gasteiger partial charge >= 0.3 is 5.97 Å². The lowest BCUT2D eigenvalue weighted by atomic mass is 10.1. The predicted octanol–water partition coefficient (Wildman–Crippen LogP) is 2.22. The van der Waals surface area contributed by atoms with Crippen LogP contribution in [0.25, 0.3) is 0 Å². The highest BCUT2D eigenvalue weighted by Gasteiger charge is 2.23. The smallest absolute Gasteiger partial charge is 0.339 e. The number of halogens is 2. The summed E-state index contributed by atoms with van der Waals surface area (Å²) in [6, 6.07) is 0. The third kappa shape index (κ3) is 3.44. The van der Waals surface area contributed by atoms with Crippen molar-refractivity contribution in [2.75, 3.05) is 6.61 Å². The number of hydrogen-bond donors (Lipinski definition) is 1. The number of rotatable bonds is 4.